The zero-order chi connectivity index (χ0) is 9.19. The molecule has 1 fully saturated rings. The molecule has 70 valence electrons. The molecule has 0 aromatic heterocycles. The Morgan fingerprint density at radius 3 is 2.75 bits per heavy atom. The number of carboxylic acid groups (broad SMARTS) is 1. The molecule has 1 aliphatic heterocycles. The lowest BCUT2D eigenvalue weighted by Gasteiger charge is -2.21. The quantitative estimate of drug-likeness (QED) is 0.702. The Hall–Kier alpha value is -0.570. The largest absolute Gasteiger partial charge is 0.481 e. The third-order valence-electron chi connectivity index (χ3n) is 2.40. The van der Waals surface area contributed by atoms with Crippen LogP contribution in [0.3, 0.4) is 0 Å². The van der Waals surface area contributed by atoms with Crippen LogP contribution in [0.4, 0.5) is 0 Å². The second-order valence-corrected chi connectivity index (χ2v) is 4.12. The first-order chi connectivity index (χ1) is 5.52. The first-order valence-electron chi connectivity index (χ1n) is 4.33. The summed E-state index contributed by atoms with van der Waals surface area (Å²) >= 11 is 0. The molecule has 1 rings (SSSR count). The number of hydrogen-bond donors (Lipinski definition) is 1. The van der Waals surface area contributed by atoms with E-state index >= 15 is 0 Å². The average molecular weight is 172 g/mol. The van der Waals surface area contributed by atoms with E-state index in [2.05, 4.69) is 0 Å². The van der Waals surface area contributed by atoms with E-state index in [1.165, 1.54) is 0 Å². The standard InChI is InChI=1S/C9H16O3/c1-9(2,8(10)11)5-7-3-4-12-6-7/h7H,3-6H2,1-2H3,(H,10,11). The van der Waals surface area contributed by atoms with E-state index in [0.717, 1.165) is 26.1 Å². The zero-order valence-electron chi connectivity index (χ0n) is 7.67. The van der Waals surface area contributed by atoms with Crippen LogP contribution in [0.25, 0.3) is 0 Å². The van der Waals surface area contributed by atoms with Gasteiger partial charge in [-0.05, 0) is 32.6 Å². The first kappa shape index (κ1) is 9.52. The monoisotopic (exact) mass is 172 g/mol. The number of aliphatic carboxylic acids is 1. The van der Waals surface area contributed by atoms with E-state index in [4.69, 9.17) is 9.84 Å². The maximum atomic E-state index is 10.8. The van der Waals surface area contributed by atoms with Crippen molar-refractivity contribution < 1.29 is 14.6 Å². The molecule has 0 aromatic rings. The Labute approximate surface area is 72.7 Å². The van der Waals surface area contributed by atoms with Gasteiger partial charge in [-0.2, -0.15) is 0 Å². The molecule has 1 unspecified atom stereocenters. The highest BCUT2D eigenvalue weighted by Crippen LogP contribution is 2.29. The van der Waals surface area contributed by atoms with Crippen molar-refractivity contribution in [3.8, 4) is 0 Å². The van der Waals surface area contributed by atoms with Gasteiger partial charge in [-0.15, -0.1) is 0 Å². The van der Waals surface area contributed by atoms with Crippen molar-refractivity contribution in [3.63, 3.8) is 0 Å². The molecule has 12 heavy (non-hydrogen) atoms. The number of ether oxygens (including phenoxy) is 1. The van der Waals surface area contributed by atoms with Gasteiger partial charge in [-0.25, -0.2) is 0 Å². The van der Waals surface area contributed by atoms with Crippen molar-refractivity contribution in [3.05, 3.63) is 0 Å². The van der Waals surface area contributed by atoms with Crippen molar-refractivity contribution in [2.24, 2.45) is 11.3 Å². The van der Waals surface area contributed by atoms with E-state index in [0.29, 0.717) is 5.92 Å². The fourth-order valence-electron chi connectivity index (χ4n) is 1.55. The van der Waals surface area contributed by atoms with E-state index < -0.39 is 11.4 Å². The van der Waals surface area contributed by atoms with E-state index in [9.17, 15) is 4.79 Å². The summed E-state index contributed by atoms with van der Waals surface area (Å²) in [5, 5.41) is 8.86. The van der Waals surface area contributed by atoms with Gasteiger partial charge in [0.2, 0.25) is 0 Å². The Morgan fingerprint density at radius 1 is 1.67 bits per heavy atom. The van der Waals surface area contributed by atoms with Crippen molar-refractivity contribution in [1.82, 2.24) is 0 Å². The summed E-state index contributed by atoms with van der Waals surface area (Å²) in [5.41, 5.74) is -0.599. The highest BCUT2D eigenvalue weighted by atomic mass is 16.5. The number of rotatable bonds is 3. The van der Waals surface area contributed by atoms with Crippen LogP contribution >= 0.6 is 0 Å². The van der Waals surface area contributed by atoms with Crippen LogP contribution in [0, 0.1) is 11.3 Å². The van der Waals surface area contributed by atoms with Gasteiger partial charge in [-0.3, -0.25) is 4.79 Å². The van der Waals surface area contributed by atoms with Gasteiger partial charge in [0.15, 0.2) is 0 Å². The maximum Gasteiger partial charge on any atom is 0.309 e. The molecule has 0 aliphatic carbocycles. The van der Waals surface area contributed by atoms with Gasteiger partial charge < -0.3 is 9.84 Å². The molecule has 1 N–H and O–H groups in total. The van der Waals surface area contributed by atoms with Crippen LogP contribution in [0.1, 0.15) is 26.7 Å². The Morgan fingerprint density at radius 2 is 2.33 bits per heavy atom. The van der Waals surface area contributed by atoms with Gasteiger partial charge in [0, 0.05) is 13.2 Å². The number of carbonyl (C=O) groups is 1. The highest BCUT2D eigenvalue weighted by Gasteiger charge is 2.31. The van der Waals surface area contributed by atoms with Gasteiger partial charge in [0.25, 0.3) is 0 Å². The fourth-order valence-corrected chi connectivity index (χ4v) is 1.55. The van der Waals surface area contributed by atoms with E-state index in [1.807, 2.05) is 0 Å². The molecule has 0 amide bonds. The van der Waals surface area contributed by atoms with Gasteiger partial charge in [-0.1, -0.05) is 0 Å². The summed E-state index contributed by atoms with van der Waals surface area (Å²) in [6, 6.07) is 0. The topological polar surface area (TPSA) is 46.5 Å². The lowest BCUT2D eigenvalue weighted by Crippen LogP contribution is -2.26. The fraction of sp³-hybridized carbons (Fsp3) is 0.889. The summed E-state index contributed by atoms with van der Waals surface area (Å²) in [5.74, 6) is -0.273. The summed E-state index contributed by atoms with van der Waals surface area (Å²) in [7, 11) is 0. The molecule has 0 aromatic carbocycles. The molecule has 3 heteroatoms. The van der Waals surface area contributed by atoms with Crippen LogP contribution in [-0.2, 0) is 9.53 Å². The minimum atomic E-state index is -0.714. The lowest BCUT2D eigenvalue weighted by atomic mass is 9.82. The molecule has 1 atom stereocenters. The Balaban J connectivity index is 2.42. The SMILES string of the molecule is CC(C)(CC1CCOC1)C(=O)O. The van der Waals surface area contributed by atoms with Crippen LogP contribution in [-0.4, -0.2) is 24.3 Å². The van der Waals surface area contributed by atoms with Gasteiger partial charge in [0.05, 0.1) is 5.41 Å². The maximum absolute atomic E-state index is 10.8. The average Bonchev–Trinajstić information content (AvgIpc) is 2.38. The van der Waals surface area contributed by atoms with Gasteiger partial charge >= 0.3 is 5.97 Å². The molecule has 0 saturated carbocycles. The zero-order valence-corrected chi connectivity index (χ0v) is 7.67. The summed E-state index contributed by atoms with van der Waals surface area (Å²) in [4.78, 5) is 10.8. The Kier molecular flexibility index (Phi) is 2.73. The lowest BCUT2D eigenvalue weighted by molar-refractivity contribution is -0.147. The molecular weight excluding hydrogens is 156 g/mol. The number of hydrogen-bond acceptors (Lipinski definition) is 2. The van der Waals surface area contributed by atoms with Crippen molar-refractivity contribution in [1.29, 1.82) is 0 Å². The normalized spacial score (nSPS) is 24.3. The molecule has 0 radical (unpaired) electrons. The predicted molar refractivity (Wildman–Crippen MR) is 45.0 cm³/mol. The molecule has 1 heterocycles. The molecule has 1 aliphatic rings. The van der Waals surface area contributed by atoms with Gasteiger partial charge in [0.1, 0.15) is 0 Å². The van der Waals surface area contributed by atoms with Crippen molar-refractivity contribution in [2.45, 2.75) is 26.7 Å². The third-order valence-corrected chi connectivity index (χ3v) is 2.40. The smallest absolute Gasteiger partial charge is 0.309 e. The van der Waals surface area contributed by atoms with E-state index in [1.54, 1.807) is 13.8 Å². The second kappa shape index (κ2) is 3.44. The second-order valence-electron chi connectivity index (χ2n) is 4.12. The molecule has 0 bridgehead atoms. The van der Waals surface area contributed by atoms with Crippen LogP contribution < -0.4 is 0 Å². The Bertz CT molecular complexity index is 169. The minimum Gasteiger partial charge on any atom is -0.481 e. The molecule has 1 saturated heterocycles. The van der Waals surface area contributed by atoms with E-state index in [-0.39, 0.29) is 0 Å². The van der Waals surface area contributed by atoms with Crippen molar-refractivity contribution >= 4 is 5.97 Å². The predicted octanol–water partition coefficient (Wildman–Crippen LogP) is 1.52. The third kappa shape index (κ3) is 2.21. The van der Waals surface area contributed by atoms with Crippen LogP contribution in [0.5, 0.6) is 0 Å². The summed E-state index contributed by atoms with van der Waals surface area (Å²) in [6.45, 7) is 5.07. The minimum absolute atomic E-state index is 0.441. The molecule has 3 nitrogen and oxygen atoms in total. The van der Waals surface area contributed by atoms with Crippen LogP contribution in [0.2, 0.25) is 0 Å². The van der Waals surface area contributed by atoms with Crippen molar-refractivity contribution in [2.75, 3.05) is 13.2 Å². The molecular formula is C9H16O3. The number of carboxylic acids is 1. The first-order valence-corrected chi connectivity index (χ1v) is 4.33. The highest BCUT2D eigenvalue weighted by molar-refractivity contribution is 5.73. The molecule has 0 spiro atoms. The summed E-state index contributed by atoms with van der Waals surface area (Å²) in [6.07, 6.45) is 1.74. The summed E-state index contributed by atoms with van der Waals surface area (Å²) < 4.78 is 5.19. The van der Waals surface area contributed by atoms with Crippen LogP contribution in [0.15, 0.2) is 0 Å².